The van der Waals surface area contributed by atoms with E-state index >= 15 is 0 Å². The van der Waals surface area contributed by atoms with Crippen molar-refractivity contribution in [2.45, 2.75) is 5.92 Å². The van der Waals surface area contributed by atoms with E-state index in [1.54, 1.807) is 0 Å². The molecule has 0 fully saturated rings. The third-order valence-corrected chi connectivity index (χ3v) is 15.0. The van der Waals surface area contributed by atoms with Crippen molar-refractivity contribution < 1.29 is 17.7 Å². The second-order valence-electron chi connectivity index (χ2n) is 18.7. The van der Waals surface area contributed by atoms with Crippen molar-refractivity contribution in [1.82, 2.24) is 0 Å². The first kappa shape index (κ1) is 37.8. The van der Waals surface area contributed by atoms with Gasteiger partial charge in [0, 0.05) is 77.9 Å². The molecule has 2 unspecified atom stereocenters. The van der Waals surface area contributed by atoms with Gasteiger partial charge < -0.3 is 27.5 Å². The number of hydrogen-bond donors (Lipinski definition) is 0. The van der Waals surface area contributed by atoms with Crippen LogP contribution in [0.3, 0.4) is 0 Å². The Morgan fingerprint density at radius 2 is 0.900 bits per heavy atom. The SMILES string of the molecule is C1=Cc2c(N(c3ccc4c(c3)oc3ccccc34)c3cccc4c3oc3ccccc34)ccc3c2C2C1=CC=C(N(c1ccc4oc5ccccc5c4c1)c1cccc4c1oc1ccccc14)C2C=C3. The summed E-state index contributed by atoms with van der Waals surface area (Å²) in [5.74, 6) is -0.000428. The Morgan fingerprint density at radius 1 is 0.357 bits per heavy atom. The highest BCUT2D eigenvalue weighted by Gasteiger charge is 2.40. The van der Waals surface area contributed by atoms with Crippen molar-refractivity contribution >= 4 is 128 Å². The lowest BCUT2D eigenvalue weighted by molar-refractivity contribution is 0.617. The maximum atomic E-state index is 6.83. The molecule has 70 heavy (non-hydrogen) atoms. The van der Waals surface area contributed by atoms with E-state index in [0.29, 0.717) is 0 Å². The van der Waals surface area contributed by atoms with Gasteiger partial charge in [0.25, 0.3) is 0 Å². The number of para-hydroxylation sites is 6. The molecule has 13 aromatic rings. The Bertz CT molecular complexity index is 4530. The standard InChI is InChI=1S/C64H38N2O4/c1-5-19-55-41(11-1)45-31-27-40(36-60(45)68-55)66(54-18-10-16-47-43-13-3-8-22-58(43)70-64(47)54)52-33-26-38-23-29-48-51(32-25-37-24-30-49(52)62(38)61(37)48)65(39-28-34-59-50(35-39)44-14-4-6-20-56(44)67-59)53-17-9-15-46-42-12-2-7-21-57(42)69-63(46)53/h1-36,48,61H. The van der Waals surface area contributed by atoms with E-state index in [2.05, 4.69) is 192 Å². The fourth-order valence-corrected chi connectivity index (χ4v) is 12.0. The van der Waals surface area contributed by atoms with E-state index in [9.17, 15) is 0 Å². The summed E-state index contributed by atoms with van der Waals surface area (Å²) >= 11 is 0. The molecule has 0 saturated carbocycles. The van der Waals surface area contributed by atoms with E-state index < -0.39 is 0 Å². The Morgan fingerprint density at radius 3 is 1.60 bits per heavy atom. The number of furan rings is 4. The fourth-order valence-electron chi connectivity index (χ4n) is 12.0. The summed E-state index contributed by atoms with van der Waals surface area (Å²) in [6, 6.07) is 63.9. The first-order chi connectivity index (χ1) is 34.7. The fraction of sp³-hybridized carbons (Fsp3) is 0.0312. The van der Waals surface area contributed by atoms with Crippen molar-refractivity contribution in [1.29, 1.82) is 0 Å². The minimum atomic E-state index is -0.0259. The number of fused-ring (bicyclic) bond motifs is 12. The van der Waals surface area contributed by atoms with Gasteiger partial charge in [-0.05, 0) is 95.6 Å². The van der Waals surface area contributed by atoms with Crippen molar-refractivity contribution in [3.8, 4) is 0 Å². The molecule has 0 radical (unpaired) electrons. The summed E-state index contributed by atoms with van der Waals surface area (Å²) in [4.78, 5) is 4.80. The molecular formula is C64H38N2O4. The molecule has 4 aromatic heterocycles. The number of anilines is 5. The number of benzene rings is 9. The minimum Gasteiger partial charge on any atom is -0.456 e. The van der Waals surface area contributed by atoms with Crippen LogP contribution < -0.4 is 9.80 Å². The van der Waals surface area contributed by atoms with Gasteiger partial charge in [0.15, 0.2) is 11.2 Å². The third-order valence-electron chi connectivity index (χ3n) is 15.0. The molecule has 3 aliphatic carbocycles. The van der Waals surface area contributed by atoms with Gasteiger partial charge in [-0.2, -0.15) is 0 Å². The van der Waals surface area contributed by atoms with Gasteiger partial charge in [-0.25, -0.2) is 0 Å². The van der Waals surface area contributed by atoms with Crippen LogP contribution in [0.25, 0.3) is 99.9 Å². The number of rotatable bonds is 6. The normalized spacial score (nSPS) is 16.1. The first-order valence-corrected chi connectivity index (χ1v) is 23.9. The average molecular weight is 899 g/mol. The molecule has 6 heteroatoms. The van der Waals surface area contributed by atoms with Crippen LogP contribution >= 0.6 is 0 Å². The van der Waals surface area contributed by atoms with E-state index in [1.165, 1.54) is 22.3 Å². The zero-order valence-electron chi connectivity index (χ0n) is 37.5. The number of allylic oxidation sites excluding steroid dienone is 5. The molecule has 0 saturated heterocycles. The van der Waals surface area contributed by atoms with Crippen LogP contribution in [0.15, 0.2) is 235 Å². The van der Waals surface area contributed by atoms with Crippen molar-refractivity contribution in [2.75, 3.05) is 9.80 Å². The zero-order chi connectivity index (χ0) is 45.6. The van der Waals surface area contributed by atoms with E-state index in [-0.39, 0.29) is 11.8 Å². The van der Waals surface area contributed by atoms with Crippen LogP contribution in [-0.4, -0.2) is 0 Å². The van der Waals surface area contributed by atoms with Gasteiger partial charge in [-0.1, -0.05) is 134 Å². The molecule has 328 valence electrons. The van der Waals surface area contributed by atoms with E-state index in [1.807, 2.05) is 36.4 Å². The Kier molecular flexibility index (Phi) is 7.63. The molecule has 3 aliphatic rings. The smallest absolute Gasteiger partial charge is 0.159 e. The maximum Gasteiger partial charge on any atom is 0.159 e. The van der Waals surface area contributed by atoms with Crippen LogP contribution in [0, 0.1) is 5.92 Å². The van der Waals surface area contributed by atoms with Gasteiger partial charge in [0.1, 0.15) is 33.5 Å². The second kappa shape index (κ2) is 14.1. The minimum absolute atomic E-state index is 0.0255. The molecule has 16 rings (SSSR count). The van der Waals surface area contributed by atoms with Gasteiger partial charge in [-0.3, -0.25) is 0 Å². The molecule has 2 atom stereocenters. The monoisotopic (exact) mass is 898 g/mol. The lowest BCUT2D eigenvalue weighted by Gasteiger charge is -2.42. The molecule has 0 N–H and O–H groups in total. The maximum absolute atomic E-state index is 6.83. The van der Waals surface area contributed by atoms with Crippen LogP contribution in [0.5, 0.6) is 0 Å². The number of hydrogen-bond acceptors (Lipinski definition) is 6. The molecule has 0 aliphatic heterocycles. The van der Waals surface area contributed by atoms with Gasteiger partial charge in [0.2, 0.25) is 0 Å². The largest absolute Gasteiger partial charge is 0.456 e. The molecule has 0 amide bonds. The average Bonchev–Trinajstić information content (AvgIpc) is 4.19. The lowest BCUT2D eigenvalue weighted by atomic mass is 9.67. The van der Waals surface area contributed by atoms with E-state index in [0.717, 1.165) is 122 Å². The second-order valence-corrected chi connectivity index (χ2v) is 18.7. The summed E-state index contributed by atoms with van der Waals surface area (Å²) in [5.41, 5.74) is 17.9. The van der Waals surface area contributed by atoms with Crippen LogP contribution in [-0.2, 0) is 0 Å². The molecular weight excluding hydrogens is 861 g/mol. The van der Waals surface area contributed by atoms with Crippen molar-refractivity contribution in [3.63, 3.8) is 0 Å². The molecule has 4 heterocycles. The predicted molar refractivity (Wildman–Crippen MR) is 286 cm³/mol. The first-order valence-electron chi connectivity index (χ1n) is 23.9. The van der Waals surface area contributed by atoms with E-state index in [4.69, 9.17) is 17.7 Å². The summed E-state index contributed by atoms with van der Waals surface area (Å²) in [7, 11) is 0. The zero-order valence-corrected chi connectivity index (χ0v) is 37.5. The highest BCUT2D eigenvalue weighted by molar-refractivity contribution is 6.13. The van der Waals surface area contributed by atoms with Crippen LogP contribution in [0.2, 0.25) is 0 Å². The highest BCUT2D eigenvalue weighted by atomic mass is 16.3. The summed E-state index contributed by atoms with van der Waals surface area (Å²) in [5, 5.41) is 8.68. The van der Waals surface area contributed by atoms with Crippen LogP contribution in [0.1, 0.15) is 22.6 Å². The lowest BCUT2D eigenvalue weighted by Crippen LogP contribution is -2.31. The Hall–Kier alpha value is -9.26. The van der Waals surface area contributed by atoms with Crippen LogP contribution in [0.4, 0.5) is 28.4 Å². The van der Waals surface area contributed by atoms with Crippen molar-refractivity contribution in [3.05, 3.63) is 234 Å². The van der Waals surface area contributed by atoms with Gasteiger partial charge in [0.05, 0.1) is 22.7 Å². The quantitative estimate of drug-likeness (QED) is 0.166. The molecule has 9 aromatic carbocycles. The Balaban J connectivity index is 0.903. The highest BCUT2D eigenvalue weighted by Crippen LogP contribution is 2.56. The third kappa shape index (κ3) is 5.27. The summed E-state index contributed by atoms with van der Waals surface area (Å²) in [6.45, 7) is 0. The molecule has 6 nitrogen and oxygen atoms in total. The van der Waals surface area contributed by atoms with Crippen molar-refractivity contribution in [2.24, 2.45) is 5.92 Å². The predicted octanol–water partition coefficient (Wildman–Crippen LogP) is 18.2. The molecule has 0 bridgehead atoms. The Labute approximate surface area is 400 Å². The summed E-state index contributed by atoms with van der Waals surface area (Å²) in [6.07, 6.45) is 14.0. The summed E-state index contributed by atoms with van der Waals surface area (Å²) < 4.78 is 26.6. The van der Waals surface area contributed by atoms with Gasteiger partial charge >= 0.3 is 0 Å². The molecule has 0 spiro atoms. The number of nitrogens with zero attached hydrogens (tertiary/aromatic N) is 2. The topological polar surface area (TPSA) is 59.0 Å². The van der Waals surface area contributed by atoms with Gasteiger partial charge in [-0.15, -0.1) is 0 Å².